The summed E-state index contributed by atoms with van der Waals surface area (Å²) in [6, 6.07) is 16.1. The van der Waals surface area contributed by atoms with Crippen molar-refractivity contribution in [2.24, 2.45) is 5.73 Å². The third-order valence-corrected chi connectivity index (χ3v) is 5.51. The van der Waals surface area contributed by atoms with Gasteiger partial charge in [0.1, 0.15) is 5.54 Å². The van der Waals surface area contributed by atoms with Crippen molar-refractivity contribution in [2.45, 2.75) is 24.4 Å². The van der Waals surface area contributed by atoms with Crippen molar-refractivity contribution in [1.82, 2.24) is 20.4 Å². The van der Waals surface area contributed by atoms with Crippen molar-refractivity contribution in [2.75, 3.05) is 19.6 Å². The lowest BCUT2D eigenvalue weighted by Gasteiger charge is -2.37. The molecule has 0 saturated carbocycles. The number of carbonyl (C=O) groups excluding carboxylic acids is 1. The minimum Gasteiger partial charge on any atom is -0.346 e. The summed E-state index contributed by atoms with van der Waals surface area (Å²) in [5.74, 6) is -0.0173. The number of carbonyl (C=O) groups is 1. The van der Waals surface area contributed by atoms with Gasteiger partial charge in [0.15, 0.2) is 0 Å². The first kappa shape index (κ1) is 17.7. The SMILES string of the molecule is NCC(NC(=O)C1(n2cccn2)CCNCC1)c1ccc2ccccc2c1. The number of nitrogens with one attached hydrogen (secondary N) is 2. The van der Waals surface area contributed by atoms with Crippen LogP contribution in [0, 0.1) is 0 Å². The van der Waals surface area contributed by atoms with E-state index in [1.54, 1.807) is 10.9 Å². The highest BCUT2D eigenvalue weighted by atomic mass is 16.2. The van der Waals surface area contributed by atoms with Crippen LogP contribution in [0.3, 0.4) is 0 Å². The molecule has 1 unspecified atom stereocenters. The average molecular weight is 363 g/mol. The smallest absolute Gasteiger partial charge is 0.248 e. The molecule has 6 nitrogen and oxygen atoms in total. The van der Waals surface area contributed by atoms with E-state index >= 15 is 0 Å². The Morgan fingerprint density at radius 3 is 2.67 bits per heavy atom. The van der Waals surface area contributed by atoms with Crippen LogP contribution >= 0.6 is 0 Å². The molecule has 1 atom stereocenters. The van der Waals surface area contributed by atoms with Gasteiger partial charge < -0.3 is 16.4 Å². The highest BCUT2D eigenvalue weighted by molar-refractivity contribution is 5.86. The molecule has 27 heavy (non-hydrogen) atoms. The van der Waals surface area contributed by atoms with Crippen molar-refractivity contribution in [3.8, 4) is 0 Å². The molecule has 1 aliphatic rings. The van der Waals surface area contributed by atoms with Gasteiger partial charge in [0, 0.05) is 18.9 Å². The van der Waals surface area contributed by atoms with Gasteiger partial charge in [0.2, 0.25) is 5.91 Å². The zero-order valence-electron chi connectivity index (χ0n) is 15.3. The van der Waals surface area contributed by atoms with E-state index in [-0.39, 0.29) is 11.9 Å². The summed E-state index contributed by atoms with van der Waals surface area (Å²) in [5.41, 5.74) is 6.39. The minimum absolute atomic E-state index is 0.0173. The number of nitrogens with two attached hydrogens (primary N) is 1. The van der Waals surface area contributed by atoms with E-state index in [0.29, 0.717) is 19.4 Å². The molecule has 3 aromatic rings. The molecule has 140 valence electrons. The normalized spacial score (nSPS) is 17.5. The lowest BCUT2D eigenvalue weighted by molar-refractivity contribution is -0.132. The van der Waals surface area contributed by atoms with Gasteiger partial charge in [-0.3, -0.25) is 9.48 Å². The number of benzene rings is 2. The zero-order valence-corrected chi connectivity index (χ0v) is 15.3. The molecule has 2 heterocycles. The van der Waals surface area contributed by atoms with Gasteiger partial charge in [-0.1, -0.05) is 36.4 Å². The van der Waals surface area contributed by atoms with Crippen LogP contribution in [0.1, 0.15) is 24.4 Å². The van der Waals surface area contributed by atoms with Crippen LogP contribution in [0.2, 0.25) is 0 Å². The quantitative estimate of drug-likeness (QED) is 0.647. The van der Waals surface area contributed by atoms with Gasteiger partial charge in [-0.25, -0.2) is 0 Å². The van der Waals surface area contributed by atoms with Gasteiger partial charge in [-0.15, -0.1) is 0 Å². The summed E-state index contributed by atoms with van der Waals surface area (Å²) in [7, 11) is 0. The molecule has 0 bridgehead atoms. The summed E-state index contributed by atoms with van der Waals surface area (Å²) in [6.45, 7) is 1.92. The van der Waals surface area contributed by atoms with Crippen LogP contribution in [-0.4, -0.2) is 35.3 Å². The Balaban J connectivity index is 1.62. The van der Waals surface area contributed by atoms with E-state index in [4.69, 9.17) is 5.73 Å². The Hall–Kier alpha value is -2.70. The number of hydrogen-bond acceptors (Lipinski definition) is 4. The van der Waals surface area contributed by atoms with Gasteiger partial charge in [0.25, 0.3) is 0 Å². The third-order valence-electron chi connectivity index (χ3n) is 5.51. The second-order valence-corrected chi connectivity index (χ2v) is 7.10. The van der Waals surface area contributed by atoms with Gasteiger partial charge in [-0.2, -0.15) is 5.10 Å². The van der Waals surface area contributed by atoms with E-state index in [0.717, 1.165) is 24.0 Å². The molecule has 6 heteroatoms. The van der Waals surface area contributed by atoms with Gasteiger partial charge >= 0.3 is 0 Å². The molecular formula is C21H25N5O. The van der Waals surface area contributed by atoms with Crippen LogP contribution in [0.4, 0.5) is 0 Å². The van der Waals surface area contributed by atoms with Crippen LogP contribution in [0.5, 0.6) is 0 Å². The standard InChI is InChI=1S/C21H25N5O/c22-15-19(18-7-6-16-4-1-2-5-17(16)14-18)25-20(27)21(8-11-23-12-9-21)26-13-3-10-24-26/h1-7,10,13-14,19,23H,8-9,11-12,15,22H2,(H,25,27). The van der Waals surface area contributed by atoms with Crippen LogP contribution in [0.25, 0.3) is 10.8 Å². The van der Waals surface area contributed by atoms with Crippen molar-refractivity contribution in [3.05, 3.63) is 66.5 Å². The maximum absolute atomic E-state index is 13.4. The first-order chi connectivity index (χ1) is 13.2. The summed E-state index contributed by atoms with van der Waals surface area (Å²) in [4.78, 5) is 13.4. The maximum Gasteiger partial charge on any atom is 0.248 e. The molecule has 0 radical (unpaired) electrons. The Bertz CT molecular complexity index is 915. The number of rotatable bonds is 5. The van der Waals surface area contributed by atoms with Crippen LogP contribution < -0.4 is 16.4 Å². The predicted molar refractivity (Wildman–Crippen MR) is 106 cm³/mol. The van der Waals surface area contributed by atoms with Crippen molar-refractivity contribution < 1.29 is 4.79 Å². The maximum atomic E-state index is 13.4. The molecule has 0 spiro atoms. The Morgan fingerprint density at radius 2 is 1.96 bits per heavy atom. The second-order valence-electron chi connectivity index (χ2n) is 7.10. The lowest BCUT2D eigenvalue weighted by atomic mass is 9.86. The fraction of sp³-hybridized carbons (Fsp3) is 0.333. The first-order valence-corrected chi connectivity index (χ1v) is 9.43. The molecule has 1 fully saturated rings. The molecular weight excluding hydrogens is 338 g/mol. The number of nitrogens with zero attached hydrogens (tertiary/aromatic N) is 2. The number of amides is 1. The molecule has 1 saturated heterocycles. The lowest BCUT2D eigenvalue weighted by Crippen LogP contribution is -2.55. The summed E-state index contributed by atoms with van der Waals surface area (Å²) in [5, 5.41) is 13.2. The first-order valence-electron chi connectivity index (χ1n) is 9.43. The van der Waals surface area contributed by atoms with E-state index in [1.807, 2.05) is 30.5 Å². The fourth-order valence-corrected chi connectivity index (χ4v) is 3.92. The Morgan fingerprint density at radius 1 is 1.19 bits per heavy atom. The van der Waals surface area contributed by atoms with Gasteiger partial charge in [-0.05, 0) is 54.4 Å². The highest BCUT2D eigenvalue weighted by Crippen LogP contribution is 2.29. The van der Waals surface area contributed by atoms with Gasteiger partial charge in [0.05, 0.1) is 6.04 Å². The zero-order chi connectivity index (χ0) is 18.7. The largest absolute Gasteiger partial charge is 0.346 e. The Labute approximate surface area is 158 Å². The average Bonchev–Trinajstić information content (AvgIpc) is 3.27. The predicted octanol–water partition coefficient (Wildman–Crippen LogP) is 1.93. The highest BCUT2D eigenvalue weighted by Gasteiger charge is 2.42. The van der Waals surface area contributed by atoms with Crippen molar-refractivity contribution >= 4 is 16.7 Å². The number of aromatic nitrogens is 2. The summed E-state index contributed by atoms with van der Waals surface area (Å²) < 4.78 is 1.80. The molecule has 4 rings (SSSR count). The van der Waals surface area contributed by atoms with Crippen molar-refractivity contribution in [3.63, 3.8) is 0 Å². The topological polar surface area (TPSA) is 85.0 Å². The number of piperidine rings is 1. The summed E-state index contributed by atoms with van der Waals surface area (Å²) in [6.07, 6.45) is 5.00. The van der Waals surface area contributed by atoms with E-state index < -0.39 is 5.54 Å². The molecule has 1 aliphatic heterocycles. The number of hydrogen-bond donors (Lipinski definition) is 3. The van der Waals surface area contributed by atoms with Crippen LogP contribution in [0.15, 0.2) is 60.9 Å². The monoisotopic (exact) mass is 363 g/mol. The second kappa shape index (κ2) is 7.50. The third kappa shape index (κ3) is 3.34. The Kier molecular flexibility index (Phi) is 4.92. The minimum atomic E-state index is -0.668. The molecule has 2 aromatic carbocycles. The summed E-state index contributed by atoms with van der Waals surface area (Å²) >= 11 is 0. The number of fused-ring (bicyclic) bond motifs is 1. The van der Waals surface area contributed by atoms with E-state index in [1.165, 1.54) is 5.39 Å². The molecule has 0 aliphatic carbocycles. The van der Waals surface area contributed by atoms with Crippen molar-refractivity contribution in [1.29, 1.82) is 0 Å². The molecule has 1 aromatic heterocycles. The fourth-order valence-electron chi connectivity index (χ4n) is 3.92. The van der Waals surface area contributed by atoms with Crippen LogP contribution in [-0.2, 0) is 10.3 Å². The van der Waals surface area contributed by atoms with E-state index in [2.05, 4.69) is 40.0 Å². The molecule has 4 N–H and O–H groups in total. The molecule has 1 amide bonds. The van der Waals surface area contributed by atoms with E-state index in [9.17, 15) is 4.79 Å².